The SMILES string of the molecule is CCOc1ccc2[nH]c(=O)n(C3CCC[C@H](O[C@@H]4CCCCO4)C3)c2c1. The zero-order chi connectivity index (χ0) is 17.9. The Hall–Kier alpha value is -1.79. The number of ether oxygens (including phenoxy) is 3. The minimum absolute atomic E-state index is 0.0479. The van der Waals surface area contributed by atoms with E-state index in [0.717, 1.165) is 61.9 Å². The van der Waals surface area contributed by atoms with Crippen LogP contribution >= 0.6 is 0 Å². The standard InChI is InChI=1S/C20H28N2O4/c1-2-24-15-9-10-17-18(13-15)22(20(23)21-17)14-6-5-7-16(12-14)26-19-8-3-4-11-25-19/h9-10,13-14,16,19H,2-8,11-12H2,1H3,(H,21,23)/t14?,16-,19+/m0/s1. The van der Waals surface area contributed by atoms with E-state index in [1.54, 1.807) is 0 Å². The van der Waals surface area contributed by atoms with Gasteiger partial charge >= 0.3 is 5.69 Å². The summed E-state index contributed by atoms with van der Waals surface area (Å²) in [5, 5.41) is 0. The van der Waals surface area contributed by atoms with Crippen molar-refractivity contribution in [3.05, 3.63) is 28.7 Å². The topological polar surface area (TPSA) is 65.5 Å². The molecule has 2 heterocycles. The monoisotopic (exact) mass is 360 g/mol. The van der Waals surface area contributed by atoms with Crippen LogP contribution in [-0.2, 0) is 9.47 Å². The van der Waals surface area contributed by atoms with Crippen LogP contribution in [0.4, 0.5) is 0 Å². The predicted molar refractivity (Wildman–Crippen MR) is 99.7 cm³/mol. The number of aromatic amines is 1. The maximum Gasteiger partial charge on any atom is 0.326 e. The highest BCUT2D eigenvalue weighted by atomic mass is 16.7. The molecule has 1 aromatic carbocycles. The van der Waals surface area contributed by atoms with Gasteiger partial charge in [-0.3, -0.25) is 4.57 Å². The fraction of sp³-hybridized carbons (Fsp3) is 0.650. The number of fused-ring (bicyclic) bond motifs is 1. The molecule has 0 radical (unpaired) electrons. The van der Waals surface area contributed by atoms with Crippen LogP contribution in [0.25, 0.3) is 11.0 Å². The van der Waals surface area contributed by atoms with E-state index in [1.165, 1.54) is 6.42 Å². The van der Waals surface area contributed by atoms with Gasteiger partial charge in [0.1, 0.15) is 5.75 Å². The molecular weight excluding hydrogens is 332 g/mol. The summed E-state index contributed by atoms with van der Waals surface area (Å²) >= 11 is 0. The summed E-state index contributed by atoms with van der Waals surface area (Å²) in [6, 6.07) is 5.94. The van der Waals surface area contributed by atoms with Crippen LogP contribution in [0.2, 0.25) is 0 Å². The number of H-pyrrole nitrogens is 1. The molecule has 4 rings (SSSR count). The lowest BCUT2D eigenvalue weighted by Gasteiger charge is -2.33. The molecule has 1 aromatic heterocycles. The van der Waals surface area contributed by atoms with Gasteiger partial charge in [-0.15, -0.1) is 0 Å². The molecule has 0 amide bonds. The van der Waals surface area contributed by atoms with Crippen molar-refractivity contribution in [1.82, 2.24) is 9.55 Å². The molecule has 0 spiro atoms. The number of hydrogen-bond acceptors (Lipinski definition) is 4. The number of imidazole rings is 1. The summed E-state index contributed by atoms with van der Waals surface area (Å²) in [5.41, 5.74) is 1.73. The van der Waals surface area contributed by atoms with Crippen LogP contribution in [0.1, 0.15) is 57.9 Å². The molecular formula is C20H28N2O4. The van der Waals surface area contributed by atoms with Gasteiger partial charge in [-0.05, 0) is 64.0 Å². The second kappa shape index (κ2) is 7.84. The van der Waals surface area contributed by atoms with Crippen molar-refractivity contribution >= 4 is 11.0 Å². The van der Waals surface area contributed by atoms with Gasteiger partial charge in [0.25, 0.3) is 0 Å². The fourth-order valence-corrected chi connectivity index (χ4v) is 4.23. The van der Waals surface area contributed by atoms with E-state index in [0.29, 0.717) is 6.61 Å². The van der Waals surface area contributed by atoms with Crippen molar-refractivity contribution in [1.29, 1.82) is 0 Å². The van der Waals surface area contributed by atoms with Crippen LogP contribution in [0.3, 0.4) is 0 Å². The third kappa shape index (κ3) is 3.67. The molecule has 1 unspecified atom stereocenters. The van der Waals surface area contributed by atoms with Crippen LogP contribution in [-0.4, -0.2) is 35.2 Å². The number of aromatic nitrogens is 2. The minimum Gasteiger partial charge on any atom is -0.494 e. The number of hydrogen-bond donors (Lipinski definition) is 1. The Morgan fingerprint density at radius 1 is 1.23 bits per heavy atom. The van der Waals surface area contributed by atoms with Gasteiger partial charge in [0.15, 0.2) is 6.29 Å². The van der Waals surface area contributed by atoms with Crippen LogP contribution in [0.5, 0.6) is 5.75 Å². The van der Waals surface area contributed by atoms with Crippen molar-refractivity contribution in [3.8, 4) is 5.75 Å². The van der Waals surface area contributed by atoms with Crippen molar-refractivity contribution in [2.45, 2.75) is 70.3 Å². The van der Waals surface area contributed by atoms with E-state index in [2.05, 4.69) is 4.98 Å². The molecule has 2 aromatic rings. The zero-order valence-electron chi connectivity index (χ0n) is 15.4. The Morgan fingerprint density at radius 2 is 2.15 bits per heavy atom. The number of nitrogens with zero attached hydrogens (tertiary/aromatic N) is 1. The molecule has 6 nitrogen and oxygen atoms in total. The van der Waals surface area contributed by atoms with Crippen LogP contribution in [0.15, 0.2) is 23.0 Å². The quantitative estimate of drug-likeness (QED) is 0.882. The molecule has 6 heteroatoms. The summed E-state index contributed by atoms with van der Waals surface area (Å²) in [5.74, 6) is 0.798. The highest BCUT2D eigenvalue weighted by Gasteiger charge is 2.29. The second-order valence-electron chi connectivity index (χ2n) is 7.29. The van der Waals surface area contributed by atoms with Gasteiger partial charge in [0.05, 0.1) is 23.7 Å². The van der Waals surface area contributed by atoms with Gasteiger partial charge in [-0.25, -0.2) is 4.79 Å². The number of rotatable bonds is 5. The second-order valence-corrected chi connectivity index (χ2v) is 7.29. The molecule has 26 heavy (non-hydrogen) atoms. The highest BCUT2D eigenvalue weighted by molar-refractivity contribution is 5.77. The van der Waals surface area contributed by atoms with Crippen LogP contribution < -0.4 is 10.4 Å². The zero-order valence-corrected chi connectivity index (χ0v) is 15.4. The lowest BCUT2D eigenvalue weighted by molar-refractivity contribution is -0.195. The fourth-order valence-electron chi connectivity index (χ4n) is 4.23. The molecule has 142 valence electrons. The van der Waals surface area contributed by atoms with Crippen molar-refractivity contribution in [2.75, 3.05) is 13.2 Å². The van der Waals surface area contributed by atoms with Gasteiger partial charge in [-0.1, -0.05) is 0 Å². The van der Waals surface area contributed by atoms with Gasteiger partial charge < -0.3 is 19.2 Å². The Bertz CT molecular complexity index is 791. The largest absolute Gasteiger partial charge is 0.494 e. The van der Waals surface area contributed by atoms with E-state index in [-0.39, 0.29) is 24.1 Å². The summed E-state index contributed by atoms with van der Waals surface area (Å²) in [6.45, 7) is 3.37. The number of benzene rings is 1. The summed E-state index contributed by atoms with van der Waals surface area (Å²) in [6.07, 6.45) is 7.31. The molecule has 1 saturated heterocycles. The first-order chi connectivity index (χ1) is 12.7. The highest BCUT2D eigenvalue weighted by Crippen LogP contribution is 2.33. The lowest BCUT2D eigenvalue weighted by Crippen LogP contribution is -2.34. The van der Waals surface area contributed by atoms with E-state index < -0.39 is 0 Å². The normalized spacial score (nSPS) is 26.9. The lowest BCUT2D eigenvalue weighted by atomic mass is 9.92. The van der Waals surface area contributed by atoms with Crippen LogP contribution in [0, 0.1) is 0 Å². The third-order valence-corrected chi connectivity index (χ3v) is 5.45. The maximum atomic E-state index is 12.6. The summed E-state index contributed by atoms with van der Waals surface area (Å²) < 4.78 is 19.4. The molecule has 2 fully saturated rings. The molecule has 1 N–H and O–H groups in total. The average Bonchev–Trinajstić information content (AvgIpc) is 2.98. The molecule has 1 aliphatic heterocycles. The summed E-state index contributed by atoms with van der Waals surface area (Å²) in [4.78, 5) is 15.6. The molecule has 3 atom stereocenters. The molecule has 1 aliphatic carbocycles. The first-order valence-corrected chi connectivity index (χ1v) is 9.88. The Labute approximate surface area is 153 Å². The summed E-state index contributed by atoms with van der Waals surface area (Å²) in [7, 11) is 0. The smallest absolute Gasteiger partial charge is 0.326 e. The Balaban J connectivity index is 1.54. The van der Waals surface area contributed by atoms with E-state index in [9.17, 15) is 4.79 Å². The van der Waals surface area contributed by atoms with Gasteiger partial charge in [-0.2, -0.15) is 0 Å². The minimum atomic E-state index is -0.0725. The Morgan fingerprint density at radius 3 is 2.96 bits per heavy atom. The van der Waals surface area contributed by atoms with Gasteiger partial charge in [0.2, 0.25) is 0 Å². The average molecular weight is 360 g/mol. The van der Waals surface area contributed by atoms with Gasteiger partial charge in [0, 0.05) is 18.7 Å². The van der Waals surface area contributed by atoms with E-state index in [1.807, 2.05) is 29.7 Å². The predicted octanol–water partition coefficient (Wildman–Crippen LogP) is 3.76. The number of nitrogens with one attached hydrogen (secondary N) is 1. The molecule has 2 aliphatic rings. The molecule has 1 saturated carbocycles. The van der Waals surface area contributed by atoms with Crippen molar-refractivity contribution in [3.63, 3.8) is 0 Å². The van der Waals surface area contributed by atoms with E-state index in [4.69, 9.17) is 14.2 Å². The Kier molecular flexibility index (Phi) is 5.31. The van der Waals surface area contributed by atoms with Crippen molar-refractivity contribution < 1.29 is 14.2 Å². The first kappa shape index (κ1) is 17.6. The maximum absolute atomic E-state index is 12.6. The van der Waals surface area contributed by atoms with E-state index >= 15 is 0 Å². The third-order valence-electron chi connectivity index (χ3n) is 5.45. The van der Waals surface area contributed by atoms with Crippen molar-refractivity contribution in [2.24, 2.45) is 0 Å². The molecule has 0 bridgehead atoms. The first-order valence-electron chi connectivity index (χ1n) is 9.88.